The van der Waals surface area contributed by atoms with E-state index in [1.807, 2.05) is 6.20 Å². The van der Waals surface area contributed by atoms with Crippen molar-refractivity contribution in [1.29, 1.82) is 0 Å². The second-order valence-electron chi connectivity index (χ2n) is 5.66. The summed E-state index contributed by atoms with van der Waals surface area (Å²) in [5, 5.41) is 4.49. The van der Waals surface area contributed by atoms with Crippen LogP contribution in [0.15, 0.2) is 36.5 Å². The molecule has 2 heterocycles. The van der Waals surface area contributed by atoms with Crippen LogP contribution in [0.4, 0.5) is 0 Å². The highest BCUT2D eigenvalue weighted by Crippen LogP contribution is 2.18. The number of hydrogen-bond donors (Lipinski definition) is 1. The normalized spacial score (nSPS) is 20.2. The molecule has 1 aromatic carbocycles. The van der Waals surface area contributed by atoms with Crippen LogP contribution in [0.25, 0.3) is 5.69 Å². The number of nitrogens with zero attached hydrogens (tertiary/aromatic N) is 3. The lowest BCUT2D eigenvalue weighted by Gasteiger charge is -2.30. The van der Waals surface area contributed by atoms with E-state index in [2.05, 4.69) is 51.9 Å². The summed E-state index contributed by atoms with van der Waals surface area (Å²) in [6.45, 7) is 5.16. The van der Waals surface area contributed by atoms with Gasteiger partial charge in [-0.1, -0.05) is 18.2 Å². The number of benzene rings is 1. The van der Waals surface area contributed by atoms with Crippen molar-refractivity contribution in [2.75, 3.05) is 13.1 Å². The Morgan fingerprint density at radius 3 is 2.95 bits per heavy atom. The molecule has 0 spiro atoms. The minimum Gasteiger partial charge on any atom is -0.327 e. The first-order valence-corrected chi connectivity index (χ1v) is 7.31. The fourth-order valence-corrected chi connectivity index (χ4v) is 2.93. The van der Waals surface area contributed by atoms with Gasteiger partial charge in [-0.25, -0.2) is 4.68 Å². The predicted molar refractivity (Wildman–Crippen MR) is 80.8 cm³/mol. The fourth-order valence-electron chi connectivity index (χ4n) is 2.93. The molecule has 0 radical (unpaired) electrons. The maximum Gasteiger partial charge on any atom is 0.0678 e. The highest BCUT2D eigenvalue weighted by Gasteiger charge is 2.18. The molecule has 1 aliphatic rings. The van der Waals surface area contributed by atoms with Crippen molar-refractivity contribution >= 4 is 0 Å². The smallest absolute Gasteiger partial charge is 0.0678 e. The van der Waals surface area contributed by atoms with Crippen LogP contribution < -0.4 is 5.73 Å². The predicted octanol–water partition coefficient (Wildman–Crippen LogP) is 2.10. The van der Waals surface area contributed by atoms with E-state index in [-0.39, 0.29) is 0 Å². The molecule has 1 aliphatic heterocycles. The molecule has 1 aromatic heterocycles. The first kappa shape index (κ1) is 13.3. The summed E-state index contributed by atoms with van der Waals surface area (Å²) >= 11 is 0. The van der Waals surface area contributed by atoms with Crippen molar-refractivity contribution < 1.29 is 0 Å². The number of hydrogen-bond acceptors (Lipinski definition) is 3. The van der Waals surface area contributed by atoms with Gasteiger partial charge < -0.3 is 5.73 Å². The zero-order valence-corrected chi connectivity index (χ0v) is 12.0. The number of nitrogens with two attached hydrogens (primary N) is 1. The van der Waals surface area contributed by atoms with Crippen molar-refractivity contribution in [3.05, 3.63) is 47.8 Å². The van der Waals surface area contributed by atoms with Crippen LogP contribution in [0.2, 0.25) is 0 Å². The van der Waals surface area contributed by atoms with Crippen molar-refractivity contribution in [2.24, 2.45) is 5.73 Å². The molecule has 1 atom stereocenters. The molecule has 4 heteroatoms. The molecule has 1 unspecified atom stereocenters. The van der Waals surface area contributed by atoms with Gasteiger partial charge in [0.1, 0.15) is 0 Å². The average molecular weight is 270 g/mol. The number of aromatic nitrogens is 2. The minimum absolute atomic E-state index is 0.318. The largest absolute Gasteiger partial charge is 0.327 e. The fraction of sp³-hybridized carbons (Fsp3) is 0.438. The van der Waals surface area contributed by atoms with Gasteiger partial charge in [-0.15, -0.1) is 0 Å². The number of rotatable bonds is 3. The molecule has 0 saturated carbocycles. The van der Waals surface area contributed by atoms with E-state index >= 15 is 0 Å². The second-order valence-corrected chi connectivity index (χ2v) is 5.66. The summed E-state index contributed by atoms with van der Waals surface area (Å²) in [5.41, 5.74) is 9.70. The van der Waals surface area contributed by atoms with Gasteiger partial charge in [0.15, 0.2) is 0 Å². The van der Waals surface area contributed by atoms with Gasteiger partial charge in [0, 0.05) is 25.3 Å². The number of likely N-dealkylation sites (tertiary alicyclic amines) is 1. The average Bonchev–Trinajstić information content (AvgIpc) is 2.87. The highest BCUT2D eigenvalue weighted by atomic mass is 15.3. The Bertz CT molecular complexity index is 575. The molecule has 1 fully saturated rings. The minimum atomic E-state index is 0.318. The van der Waals surface area contributed by atoms with Gasteiger partial charge in [0.05, 0.1) is 11.4 Å². The lowest BCUT2D eigenvalue weighted by atomic mass is 10.1. The van der Waals surface area contributed by atoms with E-state index in [1.54, 1.807) is 0 Å². The van der Waals surface area contributed by atoms with E-state index < -0.39 is 0 Å². The zero-order chi connectivity index (χ0) is 13.9. The van der Waals surface area contributed by atoms with Gasteiger partial charge in [-0.2, -0.15) is 5.10 Å². The van der Waals surface area contributed by atoms with Crippen LogP contribution in [0.1, 0.15) is 24.1 Å². The molecule has 2 aromatic rings. The zero-order valence-electron chi connectivity index (χ0n) is 12.0. The first-order chi connectivity index (χ1) is 9.74. The standard InChI is InChI=1S/C16H22N4/c1-13-5-2-3-7-16(13)20-15(8-9-18-20)12-19-10-4-6-14(17)11-19/h2-3,5,7-9,14H,4,6,10-12,17H2,1H3. The Morgan fingerprint density at radius 2 is 2.15 bits per heavy atom. The molecule has 2 N–H and O–H groups in total. The molecule has 4 nitrogen and oxygen atoms in total. The molecule has 20 heavy (non-hydrogen) atoms. The van der Waals surface area contributed by atoms with Crippen LogP contribution in [0, 0.1) is 6.92 Å². The van der Waals surface area contributed by atoms with Crippen LogP contribution >= 0.6 is 0 Å². The summed E-state index contributed by atoms with van der Waals surface area (Å²) in [4.78, 5) is 2.43. The maximum absolute atomic E-state index is 6.06. The van der Waals surface area contributed by atoms with Crippen molar-refractivity contribution in [3.8, 4) is 5.69 Å². The van der Waals surface area contributed by atoms with Crippen LogP contribution in [0.3, 0.4) is 0 Å². The topological polar surface area (TPSA) is 47.1 Å². The van der Waals surface area contributed by atoms with Gasteiger partial charge in [-0.05, 0) is 44.0 Å². The van der Waals surface area contributed by atoms with Crippen molar-refractivity contribution in [3.63, 3.8) is 0 Å². The van der Waals surface area contributed by atoms with Gasteiger partial charge in [0.25, 0.3) is 0 Å². The second kappa shape index (κ2) is 5.77. The molecular formula is C16H22N4. The first-order valence-electron chi connectivity index (χ1n) is 7.31. The molecule has 3 rings (SSSR count). The SMILES string of the molecule is Cc1ccccc1-n1nccc1CN1CCCC(N)C1. The summed E-state index contributed by atoms with van der Waals surface area (Å²) in [6, 6.07) is 10.8. The molecule has 1 saturated heterocycles. The Morgan fingerprint density at radius 1 is 1.30 bits per heavy atom. The third-order valence-corrected chi connectivity index (χ3v) is 3.99. The summed E-state index contributed by atoms with van der Waals surface area (Å²) < 4.78 is 2.05. The van der Waals surface area contributed by atoms with Crippen LogP contribution in [0.5, 0.6) is 0 Å². The van der Waals surface area contributed by atoms with Crippen LogP contribution in [-0.4, -0.2) is 33.8 Å². The van der Waals surface area contributed by atoms with Gasteiger partial charge >= 0.3 is 0 Å². The van der Waals surface area contributed by atoms with Gasteiger partial charge in [-0.3, -0.25) is 4.90 Å². The number of para-hydroxylation sites is 1. The lowest BCUT2D eigenvalue weighted by Crippen LogP contribution is -2.42. The van der Waals surface area contributed by atoms with E-state index in [0.29, 0.717) is 6.04 Å². The maximum atomic E-state index is 6.06. The Balaban J connectivity index is 1.82. The lowest BCUT2D eigenvalue weighted by molar-refractivity contribution is 0.198. The molecule has 0 bridgehead atoms. The molecule has 106 valence electrons. The number of aryl methyl sites for hydroxylation is 1. The highest BCUT2D eigenvalue weighted by molar-refractivity contribution is 5.40. The van der Waals surface area contributed by atoms with Crippen molar-refractivity contribution in [2.45, 2.75) is 32.4 Å². The summed E-state index contributed by atoms with van der Waals surface area (Å²) in [5.74, 6) is 0. The quantitative estimate of drug-likeness (QED) is 0.929. The van der Waals surface area contributed by atoms with E-state index in [4.69, 9.17) is 5.73 Å². The van der Waals surface area contributed by atoms with E-state index in [0.717, 1.165) is 31.7 Å². The Hall–Kier alpha value is -1.65. The third kappa shape index (κ3) is 2.76. The Kier molecular flexibility index (Phi) is 3.85. The molecule has 0 amide bonds. The summed E-state index contributed by atoms with van der Waals surface area (Å²) in [7, 11) is 0. The van der Waals surface area contributed by atoms with E-state index in [1.165, 1.54) is 17.7 Å². The van der Waals surface area contributed by atoms with Gasteiger partial charge in [0.2, 0.25) is 0 Å². The van der Waals surface area contributed by atoms with Crippen molar-refractivity contribution in [1.82, 2.24) is 14.7 Å². The van der Waals surface area contributed by atoms with E-state index in [9.17, 15) is 0 Å². The molecular weight excluding hydrogens is 248 g/mol. The number of piperidine rings is 1. The molecule has 0 aliphatic carbocycles. The third-order valence-electron chi connectivity index (χ3n) is 3.99. The summed E-state index contributed by atoms with van der Waals surface area (Å²) in [6.07, 6.45) is 4.22. The Labute approximate surface area is 120 Å². The monoisotopic (exact) mass is 270 g/mol. The van der Waals surface area contributed by atoms with Crippen LogP contribution in [-0.2, 0) is 6.54 Å².